The maximum Gasteiger partial charge on any atom is 0.220 e. The Bertz CT molecular complexity index is 300. The van der Waals surface area contributed by atoms with E-state index in [2.05, 4.69) is 44.8 Å². The molecule has 0 radical (unpaired) electrons. The summed E-state index contributed by atoms with van der Waals surface area (Å²) < 4.78 is 0. The van der Waals surface area contributed by atoms with Gasteiger partial charge in [-0.3, -0.25) is 9.59 Å². The quantitative estimate of drug-likeness (QED) is 0.531. The summed E-state index contributed by atoms with van der Waals surface area (Å²) in [5.74, 6) is -0.153. The van der Waals surface area contributed by atoms with Gasteiger partial charge in [0.05, 0.1) is 0 Å². The molecule has 0 aromatic carbocycles. The summed E-state index contributed by atoms with van der Waals surface area (Å²) in [5.41, 5.74) is 4.67. The first-order valence-corrected chi connectivity index (χ1v) is 7.89. The van der Waals surface area contributed by atoms with Crippen molar-refractivity contribution in [3.05, 3.63) is 12.2 Å². The number of hydrogen-bond acceptors (Lipinski definition) is 2. The minimum Gasteiger partial charge on any atom is -0.370 e. The molecule has 3 N–H and O–H groups in total. The Hall–Kier alpha value is -1.32. The highest BCUT2D eigenvalue weighted by molar-refractivity contribution is 5.75. The summed E-state index contributed by atoms with van der Waals surface area (Å²) in [5, 5.41) is 2.92. The van der Waals surface area contributed by atoms with Crippen LogP contribution in [0.5, 0.6) is 0 Å². The lowest BCUT2D eigenvalue weighted by Crippen LogP contribution is -2.23. The fourth-order valence-electron chi connectivity index (χ4n) is 1.56. The van der Waals surface area contributed by atoms with E-state index in [1.807, 2.05) is 6.08 Å². The van der Waals surface area contributed by atoms with Gasteiger partial charge in [0.1, 0.15) is 0 Å². The molecule has 124 valence electrons. The Morgan fingerprint density at radius 2 is 1.62 bits per heavy atom. The molecule has 0 heterocycles. The van der Waals surface area contributed by atoms with Crippen LogP contribution >= 0.6 is 0 Å². The van der Waals surface area contributed by atoms with Gasteiger partial charge in [0.15, 0.2) is 0 Å². The van der Waals surface area contributed by atoms with Crippen molar-refractivity contribution in [2.75, 3.05) is 6.54 Å². The van der Waals surface area contributed by atoms with Crippen LogP contribution in [-0.4, -0.2) is 18.4 Å². The van der Waals surface area contributed by atoms with Crippen molar-refractivity contribution in [2.24, 2.45) is 11.1 Å². The van der Waals surface area contributed by atoms with Crippen molar-refractivity contribution in [3.8, 4) is 0 Å². The fourth-order valence-corrected chi connectivity index (χ4v) is 1.56. The Morgan fingerprint density at radius 3 is 2.10 bits per heavy atom. The van der Waals surface area contributed by atoms with E-state index < -0.39 is 0 Å². The van der Waals surface area contributed by atoms with Crippen LogP contribution in [0.15, 0.2) is 12.2 Å². The van der Waals surface area contributed by atoms with Crippen molar-refractivity contribution in [1.82, 2.24) is 5.32 Å². The van der Waals surface area contributed by atoms with Crippen LogP contribution in [-0.2, 0) is 9.59 Å². The second-order valence-electron chi connectivity index (χ2n) is 6.35. The van der Waals surface area contributed by atoms with E-state index >= 15 is 0 Å². The summed E-state index contributed by atoms with van der Waals surface area (Å²) in [6, 6.07) is 0. The first-order chi connectivity index (χ1) is 9.69. The van der Waals surface area contributed by atoms with Gasteiger partial charge >= 0.3 is 0 Å². The minimum absolute atomic E-state index is 0.181. The number of allylic oxidation sites excluding steroid dienone is 1. The third-order valence-electron chi connectivity index (χ3n) is 2.54. The van der Waals surface area contributed by atoms with Gasteiger partial charge < -0.3 is 11.1 Å². The molecule has 4 heteroatoms. The molecule has 4 nitrogen and oxygen atoms in total. The second-order valence-corrected chi connectivity index (χ2v) is 6.35. The van der Waals surface area contributed by atoms with Gasteiger partial charge in [-0.05, 0) is 11.8 Å². The summed E-state index contributed by atoms with van der Waals surface area (Å²) >= 11 is 0. The molecule has 0 fully saturated rings. The highest BCUT2D eigenvalue weighted by atomic mass is 16.1. The fraction of sp³-hybridized carbons (Fsp3) is 0.765. The van der Waals surface area contributed by atoms with Crippen molar-refractivity contribution in [1.29, 1.82) is 0 Å². The molecule has 21 heavy (non-hydrogen) atoms. The van der Waals surface area contributed by atoms with E-state index in [-0.39, 0.29) is 17.2 Å². The minimum atomic E-state index is -0.333. The first-order valence-electron chi connectivity index (χ1n) is 7.89. The third-order valence-corrected chi connectivity index (χ3v) is 2.54. The molecule has 0 saturated carbocycles. The molecule has 0 bridgehead atoms. The van der Waals surface area contributed by atoms with Crippen molar-refractivity contribution in [2.45, 2.75) is 73.1 Å². The Balaban J connectivity index is 0. The predicted octanol–water partition coefficient (Wildman–Crippen LogP) is 3.56. The second kappa shape index (κ2) is 13.7. The van der Waals surface area contributed by atoms with E-state index in [1.54, 1.807) is 0 Å². The van der Waals surface area contributed by atoms with Crippen LogP contribution < -0.4 is 11.1 Å². The highest BCUT2D eigenvalue weighted by Crippen LogP contribution is 2.13. The number of carbonyl (C=O) groups is 2. The lowest BCUT2D eigenvalue weighted by molar-refractivity contribution is -0.121. The first kappa shape index (κ1) is 22.0. The summed E-state index contributed by atoms with van der Waals surface area (Å²) in [4.78, 5) is 20.7. The van der Waals surface area contributed by atoms with E-state index in [4.69, 9.17) is 0 Å². The lowest BCUT2D eigenvalue weighted by atomic mass is 9.96. The molecular weight excluding hydrogens is 264 g/mol. The number of nitrogens with two attached hydrogens (primary N) is 1. The van der Waals surface area contributed by atoms with E-state index in [9.17, 15) is 9.59 Å². The molecule has 0 aliphatic carbocycles. The van der Waals surface area contributed by atoms with Crippen LogP contribution in [0.25, 0.3) is 0 Å². The number of carbonyl (C=O) groups excluding carboxylic acids is 2. The maximum absolute atomic E-state index is 11.5. The number of hydrogen-bond donors (Lipinski definition) is 2. The number of rotatable bonds is 8. The van der Waals surface area contributed by atoms with Crippen molar-refractivity contribution >= 4 is 11.8 Å². The molecular formula is C17H34N2O2. The lowest BCUT2D eigenvalue weighted by Gasteiger charge is -2.11. The van der Waals surface area contributed by atoms with Crippen LogP contribution in [0.4, 0.5) is 0 Å². The largest absolute Gasteiger partial charge is 0.370 e. The average Bonchev–Trinajstić information content (AvgIpc) is 2.32. The van der Waals surface area contributed by atoms with Crippen molar-refractivity contribution < 1.29 is 9.59 Å². The molecule has 0 saturated heterocycles. The van der Waals surface area contributed by atoms with Crippen LogP contribution in [0.2, 0.25) is 0 Å². The molecule has 0 atom stereocenters. The summed E-state index contributed by atoms with van der Waals surface area (Å²) in [6.45, 7) is 10.6. The van der Waals surface area contributed by atoms with Crippen LogP contribution in [0, 0.1) is 5.41 Å². The number of amides is 2. The molecule has 0 spiro atoms. The maximum atomic E-state index is 11.5. The van der Waals surface area contributed by atoms with Gasteiger partial charge in [-0.15, -0.1) is 0 Å². The molecule has 0 aromatic rings. The number of nitrogens with one attached hydrogen (secondary N) is 1. The standard InChI is InChI=1S/C15H29NO.C2H5NO/c1-5-6-7-8-9-11-14(17)16-13-10-12-15(2,3)4;1-2(3)4/h10,12H,5-9,11,13H2,1-4H3,(H,16,17);1H3,(H2,3,4)/b12-10+;. The number of unbranched alkanes of at least 4 members (excludes halogenated alkanes) is 4. The normalized spacial score (nSPS) is 10.9. The van der Waals surface area contributed by atoms with Crippen molar-refractivity contribution in [3.63, 3.8) is 0 Å². The summed E-state index contributed by atoms with van der Waals surface area (Å²) in [6.07, 6.45) is 10.8. The Kier molecular flexibility index (Phi) is 14.3. The van der Waals surface area contributed by atoms with Gasteiger partial charge in [-0.1, -0.05) is 65.5 Å². The SMILES string of the molecule is CC(N)=O.CCCCCCCC(=O)NC/C=C/C(C)(C)C. The van der Waals surface area contributed by atoms with Gasteiger partial charge in [0.2, 0.25) is 11.8 Å². The molecule has 0 aliphatic heterocycles. The van der Waals surface area contributed by atoms with E-state index in [0.29, 0.717) is 13.0 Å². The monoisotopic (exact) mass is 298 g/mol. The molecule has 0 aliphatic rings. The molecule has 0 unspecified atom stereocenters. The van der Waals surface area contributed by atoms with E-state index in [0.717, 1.165) is 6.42 Å². The Morgan fingerprint density at radius 1 is 1.10 bits per heavy atom. The molecule has 0 rings (SSSR count). The number of primary amides is 1. The average molecular weight is 298 g/mol. The molecule has 2 amide bonds. The van der Waals surface area contributed by atoms with Gasteiger partial charge in [0.25, 0.3) is 0 Å². The van der Waals surface area contributed by atoms with Gasteiger partial charge in [-0.2, -0.15) is 0 Å². The molecule has 0 aromatic heterocycles. The van der Waals surface area contributed by atoms with E-state index in [1.165, 1.54) is 32.6 Å². The summed E-state index contributed by atoms with van der Waals surface area (Å²) in [7, 11) is 0. The highest BCUT2D eigenvalue weighted by Gasteiger charge is 2.03. The smallest absolute Gasteiger partial charge is 0.220 e. The van der Waals surface area contributed by atoms with Gasteiger partial charge in [-0.25, -0.2) is 0 Å². The third kappa shape index (κ3) is 27.8. The van der Waals surface area contributed by atoms with Crippen LogP contribution in [0.1, 0.15) is 73.1 Å². The Labute approximate surface area is 130 Å². The van der Waals surface area contributed by atoms with Gasteiger partial charge in [0, 0.05) is 19.9 Å². The topological polar surface area (TPSA) is 72.2 Å². The van der Waals surface area contributed by atoms with Crippen LogP contribution in [0.3, 0.4) is 0 Å². The predicted molar refractivity (Wildman–Crippen MR) is 89.8 cm³/mol. The zero-order valence-electron chi connectivity index (χ0n) is 14.5. The zero-order chi connectivity index (χ0) is 16.7. The zero-order valence-corrected chi connectivity index (χ0v) is 14.5.